The van der Waals surface area contributed by atoms with E-state index in [4.69, 9.17) is 25.8 Å². The first-order chi connectivity index (χ1) is 7.75. The number of carbonyl (C=O) groups is 1. The number of rotatable bonds is 2. The van der Waals surface area contributed by atoms with E-state index < -0.39 is 12.3 Å². The van der Waals surface area contributed by atoms with Gasteiger partial charge in [-0.15, -0.1) is 0 Å². The summed E-state index contributed by atoms with van der Waals surface area (Å²) in [4.78, 5) is 11.6. The van der Waals surface area contributed by atoms with E-state index in [0.717, 1.165) is 0 Å². The van der Waals surface area contributed by atoms with Gasteiger partial charge in [-0.3, -0.25) is 0 Å². The van der Waals surface area contributed by atoms with E-state index >= 15 is 0 Å². The monoisotopic (exact) mass is 242 g/mol. The standard InChI is InChI=1S/C11H11ClO4/c12-9-3-1-8(2-4-9)11(13)16-10-7-14-5-6-15-10/h1-4,10H,5-7H2. The quantitative estimate of drug-likeness (QED) is 0.743. The van der Waals surface area contributed by atoms with Gasteiger partial charge in [0.05, 0.1) is 18.8 Å². The van der Waals surface area contributed by atoms with E-state index in [2.05, 4.69) is 0 Å². The van der Waals surface area contributed by atoms with Crippen molar-refractivity contribution in [1.82, 2.24) is 0 Å². The predicted molar refractivity (Wildman–Crippen MR) is 57.4 cm³/mol. The lowest BCUT2D eigenvalue weighted by atomic mass is 10.2. The molecule has 1 aliphatic heterocycles. The van der Waals surface area contributed by atoms with Gasteiger partial charge in [-0.05, 0) is 24.3 Å². The molecule has 2 rings (SSSR count). The molecule has 1 unspecified atom stereocenters. The molecule has 0 spiro atoms. The van der Waals surface area contributed by atoms with E-state index in [0.29, 0.717) is 23.8 Å². The van der Waals surface area contributed by atoms with Crippen LogP contribution in [0.3, 0.4) is 0 Å². The molecular weight excluding hydrogens is 232 g/mol. The van der Waals surface area contributed by atoms with Gasteiger partial charge in [0, 0.05) is 5.02 Å². The van der Waals surface area contributed by atoms with Crippen molar-refractivity contribution in [2.75, 3.05) is 19.8 Å². The Labute approximate surface area is 98.1 Å². The minimum absolute atomic E-state index is 0.277. The summed E-state index contributed by atoms with van der Waals surface area (Å²) in [7, 11) is 0. The topological polar surface area (TPSA) is 44.8 Å². The maximum absolute atomic E-state index is 11.6. The molecule has 1 fully saturated rings. The Kier molecular flexibility index (Phi) is 3.77. The van der Waals surface area contributed by atoms with Crippen LogP contribution >= 0.6 is 11.6 Å². The Morgan fingerprint density at radius 2 is 2.06 bits per heavy atom. The minimum atomic E-state index is -0.614. The lowest BCUT2D eigenvalue weighted by molar-refractivity contribution is -0.186. The summed E-state index contributed by atoms with van der Waals surface area (Å²) < 4.78 is 15.4. The minimum Gasteiger partial charge on any atom is -0.430 e. The molecule has 1 aromatic rings. The number of hydrogen-bond donors (Lipinski definition) is 0. The van der Waals surface area contributed by atoms with Gasteiger partial charge in [0.2, 0.25) is 6.29 Å². The molecule has 0 N–H and O–H groups in total. The number of carbonyl (C=O) groups excluding carboxylic acids is 1. The SMILES string of the molecule is O=C(OC1COCCO1)c1ccc(Cl)cc1. The number of benzene rings is 1. The Bertz CT molecular complexity index is 357. The maximum Gasteiger partial charge on any atom is 0.340 e. The molecule has 0 aliphatic carbocycles. The predicted octanol–water partition coefficient (Wildman–Crippen LogP) is 1.87. The summed E-state index contributed by atoms with van der Waals surface area (Å²) in [5.74, 6) is -0.438. The van der Waals surface area contributed by atoms with Gasteiger partial charge in [0.1, 0.15) is 6.61 Å². The third kappa shape index (κ3) is 2.95. The van der Waals surface area contributed by atoms with Crippen molar-refractivity contribution in [2.24, 2.45) is 0 Å². The Morgan fingerprint density at radius 1 is 1.31 bits per heavy atom. The zero-order valence-corrected chi connectivity index (χ0v) is 9.27. The second-order valence-electron chi connectivity index (χ2n) is 3.29. The van der Waals surface area contributed by atoms with Gasteiger partial charge < -0.3 is 14.2 Å². The lowest BCUT2D eigenvalue weighted by Gasteiger charge is -2.22. The maximum atomic E-state index is 11.6. The number of hydrogen-bond acceptors (Lipinski definition) is 4. The summed E-state index contributed by atoms with van der Waals surface area (Å²) in [5, 5.41) is 0.578. The van der Waals surface area contributed by atoms with Gasteiger partial charge in [0.15, 0.2) is 0 Å². The first-order valence-electron chi connectivity index (χ1n) is 4.91. The number of esters is 1. The van der Waals surface area contributed by atoms with Crippen LogP contribution in [0, 0.1) is 0 Å². The van der Waals surface area contributed by atoms with Crippen LogP contribution in [0.25, 0.3) is 0 Å². The van der Waals surface area contributed by atoms with E-state index in [1.807, 2.05) is 0 Å². The van der Waals surface area contributed by atoms with E-state index in [9.17, 15) is 4.79 Å². The number of halogens is 1. The zero-order valence-electron chi connectivity index (χ0n) is 8.52. The first-order valence-corrected chi connectivity index (χ1v) is 5.29. The molecule has 0 radical (unpaired) electrons. The van der Waals surface area contributed by atoms with Crippen molar-refractivity contribution in [3.05, 3.63) is 34.9 Å². The summed E-state index contributed by atoms with van der Waals surface area (Å²) in [6, 6.07) is 6.48. The van der Waals surface area contributed by atoms with Crippen LogP contribution < -0.4 is 0 Å². The fourth-order valence-corrected chi connectivity index (χ4v) is 1.43. The molecule has 0 amide bonds. The highest BCUT2D eigenvalue weighted by atomic mass is 35.5. The molecule has 1 aromatic carbocycles. The fraction of sp³-hybridized carbons (Fsp3) is 0.364. The Morgan fingerprint density at radius 3 is 2.69 bits per heavy atom. The first kappa shape index (κ1) is 11.4. The molecule has 1 atom stereocenters. The highest BCUT2D eigenvalue weighted by Crippen LogP contribution is 2.12. The van der Waals surface area contributed by atoms with E-state index in [-0.39, 0.29) is 6.61 Å². The van der Waals surface area contributed by atoms with Gasteiger partial charge in [-0.2, -0.15) is 0 Å². The zero-order chi connectivity index (χ0) is 11.4. The second kappa shape index (κ2) is 5.30. The highest BCUT2D eigenvalue weighted by molar-refractivity contribution is 6.30. The third-order valence-corrected chi connectivity index (χ3v) is 2.36. The number of ether oxygens (including phenoxy) is 3. The molecule has 16 heavy (non-hydrogen) atoms. The molecule has 5 heteroatoms. The molecule has 86 valence electrons. The average molecular weight is 243 g/mol. The Balaban J connectivity index is 1.94. The van der Waals surface area contributed by atoms with Crippen LogP contribution in [0.1, 0.15) is 10.4 Å². The molecular formula is C11H11ClO4. The molecule has 0 aromatic heterocycles. The van der Waals surface area contributed by atoms with E-state index in [1.54, 1.807) is 24.3 Å². The van der Waals surface area contributed by atoms with Crippen molar-refractivity contribution in [1.29, 1.82) is 0 Å². The molecule has 0 bridgehead atoms. The molecule has 1 heterocycles. The fourth-order valence-electron chi connectivity index (χ4n) is 1.31. The molecule has 1 saturated heterocycles. The van der Waals surface area contributed by atoms with Crippen LogP contribution in [0.15, 0.2) is 24.3 Å². The van der Waals surface area contributed by atoms with Gasteiger partial charge in [-0.25, -0.2) is 4.79 Å². The highest BCUT2D eigenvalue weighted by Gasteiger charge is 2.19. The van der Waals surface area contributed by atoms with Crippen molar-refractivity contribution >= 4 is 17.6 Å². The molecule has 0 saturated carbocycles. The van der Waals surface area contributed by atoms with Crippen molar-refractivity contribution in [3.8, 4) is 0 Å². The molecule has 1 aliphatic rings. The van der Waals surface area contributed by atoms with Crippen LogP contribution in [0.2, 0.25) is 5.02 Å². The van der Waals surface area contributed by atoms with Crippen LogP contribution in [0.5, 0.6) is 0 Å². The van der Waals surface area contributed by atoms with Crippen molar-refractivity contribution in [3.63, 3.8) is 0 Å². The largest absolute Gasteiger partial charge is 0.430 e. The second-order valence-corrected chi connectivity index (χ2v) is 3.72. The summed E-state index contributed by atoms with van der Waals surface area (Å²) in [6.07, 6.45) is -0.614. The smallest absolute Gasteiger partial charge is 0.340 e. The normalized spacial score (nSPS) is 20.4. The van der Waals surface area contributed by atoms with Gasteiger partial charge >= 0.3 is 5.97 Å². The summed E-state index contributed by atoms with van der Waals surface area (Å²) >= 11 is 5.71. The Hall–Kier alpha value is -1.10. The molecule has 4 nitrogen and oxygen atoms in total. The van der Waals surface area contributed by atoms with Crippen LogP contribution in [-0.2, 0) is 14.2 Å². The van der Waals surface area contributed by atoms with Crippen LogP contribution in [0.4, 0.5) is 0 Å². The lowest BCUT2D eigenvalue weighted by Crippen LogP contribution is -2.32. The van der Waals surface area contributed by atoms with Crippen molar-refractivity contribution < 1.29 is 19.0 Å². The average Bonchev–Trinajstić information content (AvgIpc) is 2.31. The summed E-state index contributed by atoms with van der Waals surface area (Å²) in [5.41, 5.74) is 0.443. The van der Waals surface area contributed by atoms with Crippen LogP contribution in [-0.4, -0.2) is 32.1 Å². The van der Waals surface area contributed by atoms with Crippen molar-refractivity contribution in [2.45, 2.75) is 6.29 Å². The van der Waals surface area contributed by atoms with Gasteiger partial charge in [0.25, 0.3) is 0 Å². The third-order valence-electron chi connectivity index (χ3n) is 2.10. The van der Waals surface area contributed by atoms with Gasteiger partial charge in [-0.1, -0.05) is 11.6 Å². The van der Waals surface area contributed by atoms with E-state index in [1.165, 1.54) is 0 Å². The summed E-state index contributed by atoms with van der Waals surface area (Å²) in [6.45, 7) is 1.26.